The van der Waals surface area contributed by atoms with Gasteiger partial charge in [0.05, 0.1) is 0 Å². The molecular weight excluding hydrogens is 350 g/mol. The number of hydrogen-bond donors (Lipinski definition) is 2. The van der Waals surface area contributed by atoms with Crippen LogP contribution in [0.25, 0.3) is 0 Å². The number of nitrogens with one attached hydrogen (secondary N) is 2. The van der Waals surface area contributed by atoms with Gasteiger partial charge in [0.15, 0.2) is 0 Å². The average Bonchev–Trinajstić information content (AvgIpc) is 3.11. The third kappa shape index (κ3) is 4.23. The molecule has 0 spiro atoms. The van der Waals surface area contributed by atoms with Crippen molar-refractivity contribution in [2.45, 2.75) is 26.9 Å². The van der Waals surface area contributed by atoms with Crippen molar-refractivity contribution in [2.24, 2.45) is 0 Å². The summed E-state index contributed by atoms with van der Waals surface area (Å²) in [6, 6.07) is 12.8. The molecule has 3 rings (SSSR count). The van der Waals surface area contributed by atoms with Gasteiger partial charge in [-0.2, -0.15) is 0 Å². The fraction of sp³-hybridized carbons (Fsp3) is 0.300. The van der Waals surface area contributed by atoms with Crippen molar-refractivity contribution in [3.05, 3.63) is 64.7 Å². The van der Waals surface area contributed by atoms with Crippen LogP contribution < -0.4 is 10.6 Å². The molecule has 5 nitrogen and oxygen atoms in total. The van der Waals surface area contributed by atoms with Gasteiger partial charge in [-0.15, -0.1) is 12.4 Å². The topological polar surface area (TPSA) is 61.4 Å². The zero-order chi connectivity index (χ0) is 17.8. The van der Waals surface area contributed by atoms with Crippen LogP contribution in [-0.4, -0.2) is 29.8 Å². The minimum atomic E-state index is -0.141. The maximum atomic E-state index is 12.4. The second-order valence-electron chi connectivity index (χ2n) is 6.10. The SMILES string of the molecule is CCN(CC)C(=O)c1ccc(NC(=O)c2ccc3c(c2)CNC3)cc1.Cl. The van der Waals surface area contributed by atoms with Crippen LogP contribution in [-0.2, 0) is 13.1 Å². The summed E-state index contributed by atoms with van der Waals surface area (Å²) in [6.45, 7) is 6.95. The quantitative estimate of drug-likeness (QED) is 0.843. The summed E-state index contributed by atoms with van der Waals surface area (Å²) >= 11 is 0. The number of amides is 2. The Hall–Kier alpha value is -2.37. The first-order valence-electron chi connectivity index (χ1n) is 8.65. The van der Waals surface area contributed by atoms with E-state index in [2.05, 4.69) is 10.6 Å². The van der Waals surface area contributed by atoms with Crippen molar-refractivity contribution in [3.8, 4) is 0 Å². The van der Waals surface area contributed by atoms with Gasteiger partial charge in [-0.3, -0.25) is 9.59 Å². The Labute approximate surface area is 160 Å². The fourth-order valence-electron chi connectivity index (χ4n) is 3.03. The number of rotatable bonds is 5. The van der Waals surface area contributed by atoms with Crippen LogP contribution in [0.4, 0.5) is 5.69 Å². The highest BCUT2D eigenvalue weighted by Gasteiger charge is 2.15. The molecule has 0 saturated carbocycles. The first kappa shape index (κ1) is 19.9. The van der Waals surface area contributed by atoms with Crippen LogP contribution in [0, 0.1) is 0 Å². The van der Waals surface area contributed by atoms with Crippen LogP contribution in [0.1, 0.15) is 45.7 Å². The van der Waals surface area contributed by atoms with Crippen LogP contribution in [0.5, 0.6) is 0 Å². The molecule has 26 heavy (non-hydrogen) atoms. The second kappa shape index (κ2) is 8.83. The zero-order valence-electron chi connectivity index (χ0n) is 15.0. The maximum Gasteiger partial charge on any atom is 0.255 e. The van der Waals surface area contributed by atoms with Crippen LogP contribution in [0.2, 0.25) is 0 Å². The standard InChI is InChI=1S/C20H23N3O2.ClH/c1-3-23(4-2)20(25)14-7-9-18(10-8-14)22-19(24)15-5-6-16-12-21-13-17(16)11-15;/h5-11,21H,3-4,12-13H2,1-2H3,(H,22,24);1H. The molecule has 6 heteroatoms. The highest BCUT2D eigenvalue weighted by Crippen LogP contribution is 2.18. The van der Waals surface area contributed by atoms with Gasteiger partial charge in [0.1, 0.15) is 0 Å². The number of benzene rings is 2. The summed E-state index contributed by atoms with van der Waals surface area (Å²) in [7, 11) is 0. The zero-order valence-corrected chi connectivity index (χ0v) is 15.9. The molecule has 0 saturated heterocycles. The van der Waals surface area contributed by atoms with Gasteiger partial charge in [0, 0.05) is 43.0 Å². The van der Waals surface area contributed by atoms with Crippen LogP contribution in [0.15, 0.2) is 42.5 Å². The molecule has 1 aliphatic rings. The summed E-state index contributed by atoms with van der Waals surface area (Å²) < 4.78 is 0. The first-order chi connectivity index (χ1) is 12.1. The van der Waals surface area contributed by atoms with Gasteiger partial charge < -0.3 is 15.5 Å². The number of nitrogens with zero attached hydrogens (tertiary/aromatic N) is 1. The van der Waals surface area contributed by atoms with Crippen molar-refractivity contribution in [3.63, 3.8) is 0 Å². The van der Waals surface area contributed by atoms with Crippen molar-refractivity contribution in [2.75, 3.05) is 18.4 Å². The molecule has 0 aliphatic carbocycles. The third-order valence-corrected chi connectivity index (χ3v) is 4.54. The van der Waals surface area contributed by atoms with Gasteiger partial charge >= 0.3 is 0 Å². The maximum absolute atomic E-state index is 12.4. The van der Waals surface area contributed by atoms with Gasteiger partial charge in [-0.1, -0.05) is 6.07 Å². The Balaban J connectivity index is 0.00000243. The van der Waals surface area contributed by atoms with E-state index in [9.17, 15) is 9.59 Å². The number of carbonyl (C=O) groups excluding carboxylic acids is 2. The molecule has 0 atom stereocenters. The van der Waals surface area contributed by atoms with E-state index in [1.165, 1.54) is 11.1 Å². The minimum absolute atomic E-state index is 0. The Kier molecular flexibility index (Phi) is 6.77. The lowest BCUT2D eigenvalue weighted by Gasteiger charge is -2.18. The molecule has 0 aromatic heterocycles. The molecule has 138 valence electrons. The highest BCUT2D eigenvalue weighted by molar-refractivity contribution is 6.04. The summed E-state index contributed by atoms with van der Waals surface area (Å²) in [5.74, 6) is -0.133. The lowest BCUT2D eigenvalue weighted by Crippen LogP contribution is -2.30. The Morgan fingerprint density at radius 2 is 1.58 bits per heavy atom. The van der Waals surface area contributed by atoms with E-state index in [0.717, 1.165) is 13.1 Å². The van der Waals surface area contributed by atoms with E-state index in [0.29, 0.717) is 29.9 Å². The monoisotopic (exact) mass is 373 g/mol. The lowest BCUT2D eigenvalue weighted by molar-refractivity contribution is 0.0773. The molecule has 2 aromatic carbocycles. The van der Waals surface area contributed by atoms with Crippen molar-refractivity contribution in [1.82, 2.24) is 10.2 Å². The van der Waals surface area contributed by atoms with Gasteiger partial charge in [0.2, 0.25) is 0 Å². The normalized spacial score (nSPS) is 12.1. The summed E-state index contributed by atoms with van der Waals surface area (Å²) in [5.41, 5.74) is 4.37. The van der Waals surface area contributed by atoms with Gasteiger partial charge in [-0.05, 0) is 61.4 Å². The molecule has 0 unspecified atom stereocenters. The van der Waals surface area contributed by atoms with E-state index < -0.39 is 0 Å². The third-order valence-electron chi connectivity index (χ3n) is 4.54. The van der Waals surface area contributed by atoms with E-state index in [4.69, 9.17) is 0 Å². The summed E-state index contributed by atoms with van der Waals surface area (Å²) in [5, 5.41) is 6.16. The molecular formula is C20H24ClN3O2. The molecule has 1 aliphatic heterocycles. The number of carbonyl (C=O) groups is 2. The van der Waals surface area contributed by atoms with Crippen molar-refractivity contribution < 1.29 is 9.59 Å². The fourth-order valence-corrected chi connectivity index (χ4v) is 3.03. The highest BCUT2D eigenvalue weighted by atomic mass is 35.5. The van der Waals surface area contributed by atoms with Gasteiger partial charge in [0.25, 0.3) is 11.8 Å². The Bertz CT molecular complexity index is 786. The van der Waals surface area contributed by atoms with Crippen molar-refractivity contribution in [1.29, 1.82) is 0 Å². The van der Waals surface area contributed by atoms with E-state index in [-0.39, 0.29) is 24.2 Å². The number of anilines is 1. The predicted molar refractivity (Wildman–Crippen MR) is 106 cm³/mol. The molecule has 0 bridgehead atoms. The number of halogens is 1. The molecule has 1 heterocycles. The van der Waals surface area contributed by atoms with Crippen molar-refractivity contribution >= 4 is 29.9 Å². The van der Waals surface area contributed by atoms with E-state index in [1.807, 2.05) is 32.0 Å². The lowest BCUT2D eigenvalue weighted by atomic mass is 10.1. The predicted octanol–water partition coefficient (Wildman–Crippen LogP) is 3.45. The number of hydrogen-bond acceptors (Lipinski definition) is 3. The molecule has 2 aromatic rings. The summed E-state index contributed by atoms with van der Waals surface area (Å²) in [4.78, 5) is 26.5. The van der Waals surface area contributed by atoms with Gasteiger partial charge in [-0.25, -0.2) is 0 Å². The largest absolute Gasteiger partial charge is 0.339 e. The minimum Gasteiger partial charge on any atom is -0.339 e. The molecule has 0 fully saturated rings. The molecule has 0 radical (unpaired) electrons. The molecule has 2 amide bonds. The van der Waals surface area contributed by atoms with Crippen LogP contribution >= 0.6 is 12.4 Å². The van der Waals surface area contributed by atoms with E-state index in [1.54, 1.807) is 29.2 Å². The average molecular weight is 374 g/mol. The Morgan fingerprint density at radius 1 is 0.962 bits per heavy atom. The van der Waals surface area contributed by atoms with Crippen LogP contribution in [0.3, 0.4) is 0 Å². The summed E-state index contributed by atoms with van der Waals surface area (Å²) in [6.07, 6.45) is 0. The number of fused-ring (bicyclic) bond motifs is 1. The first-order valence-corrected chi connectivity index (χ1v) is 8.65. The Morgan fingerprint density at radius 3 is 2.23 bits per heavy atom. The van der Waals surface area contributed by atoms with E-state index >= 15 is 0 Å². The molecule has 2 N–H and O–H groups in total. The smallest absolute Gasteiger partial charge is 0.255 e. The second-order valence-corrected chi connectivity index (χ2v) is 6.10.